The topological polar surface area (TPSA) is 85.2 Å². The SMILES string of the molecule is NCCN(CCN)C(=O)c1cncc(-c2cccc(F)c2)c1. The van der Waals surface area contributed by atoms with Crippen molar-refractivity contribution in [3.63, 3.8) is 0 Å². The molecular weight excluding hydrogens is 283 g/mol. The van der Waals surface area contributed by atoms with Crippen LogP contribution < -0.4 is 11.5 Å². The predicted octanol–water partition coefficient (Wildman–Crippen LogP) is 1.25. The van der Waals surface area contributed by atoms with Gasteiger partial charge in [-0.15, -0.1) is 0 Å². The minimum Gasteiger partial charge on any atom is -0.336 e. The Bertz CT molecular complexity index is 642. The highest BCUT2D eigenvalue weighted by Crippen LogP contribution is 2.20. The average molecular weight is 302 g/mol. The van der Waals surface area contributed by atoms with Crippen molar-refractivity contribution in [2.75, 3.05) is 26.2 Å². The summed E-state index contributed by atoms with van der Waals surface area (Å²) in [6.45, 7) is 1.59. The summed E-state index contributed by atoms with van der Waals surface area (Å²) in [4.78, 5) is 18.1. The van der Waals surface area contributed by atoms with Gasteiger partial charge in [-0.25, -0.2) is 4.39 Å². The van der Waals surface area contributed by atoms with Crippen molar-refractivity contribution in [3.05, 3.63) is 54.1 Å². The lowest BCUT2D eigenvalue weighted by Crippen LogP contribution is -2.38. The molecule has 5 nitrogen and oxygen atoms in total. The molecule has 1 heterocycles. The van der Waals surface area contributed by atoms with E-state index in [0.29, 0.717) is 42.9 Å². The summed E-state index contributed by atoms with van der Waals surface area (Å²) in [5, 5.41) is 0. The van der Waals surface area contributed by atoms with Crippen molar-refractivity contribution in [2.24, 2.45) is 11.5 Å². The highest BCUT2D eigenvalue weighted by molar-refractivity contribution is 5.95. The third-order valence-corrected chi connectivity index (χ3v) is 3.23. The Balaban J connectivity index is 2.29. The van der Waals surface area contributed by atoms with E-state index in [1.54, 1.807) is 29.3 Å². The van der Waals surface area contributed by atoms with E-state index in [2.05, 4.69) is 4.98 Å². The third-order valence-electron chi connectivity index (χ3n) is 3.23. The first kappa shape index (κ1) is 16.1. The average Bonchev–Trinajstić information content (AvgIpc) is 2.54. The van der Waals surface area contributed by atoms with E-state index in [-0.39, 0.29) is 11.7 Å². The molecular formula is C16H19FN4O. The fourth-order valence-corrected chi connectivity index (χ4v) is 2.19. The molecule has 116 valence electrons. The largest absolute Gasteiger partial charge is 0.336 e. The maximum atomic E-state index is 13.3. The summed E-state index contributed by atoms with van der Waals surface area (Å²) in [6, 6.07) is 7.86. The van der Waals surface area contributed by atoms with Crippen LogP contribution in [0.25, 0.3) is 11.1 Å². The Hall–Kier alpha value is -2.31. The summed E-state index contributed by atoms with van der Waals surface area (Å²) < 4.78 is 13.3. The summed E-state index contributed by atoms with van der Waals surface area (Å²) in [7, 11) is 0. The molecule has 1 aromatic carbocycles. The Kier molecular flexibility index (Phi) is 5.57. The van der Waals surface area contributed by atoms with Gasteiger partial charge in [0.25, 0.3) is 5.91 Å². The molecule has 0 saturated heterocycles. The van der Waals surface area contributed by atoms with Crippen LogP contribution in [0.1, 0.15) is 10.4 Å². The molecule has 0 aliphatic carbocycles. The van der Waals surface area contributed by atoms with Gasteiger partial charge in [-0.05, 0) is 23.8 Å². The Labute approximate surface area is 128 Å². The molecule has 2 aromatic rings. The standard InChI is InChI=1S/C16H19FN4O/c17-15-3-1-2-12(9-15)13-8-14(11-20-10-13)16(22)21(6-4-18)7-5-19/h1-3,8-11H,4-7,18-19H2. The quantitative estimate of drug-likeness (QED) is 0.841. The van der Waals surface area contributed by atoms with Crippen molar-refractivity contribution < 1.29 is 9.18 Å². The molecule has 0 aliphatic heterocycles. The van der Waals surface area contributed by atoms with Gasteiger partial charge in [-0.2, -0.15) is 0 Å². The van der Waals surface area contributed by atoms with E-state index in [0.717, 1.165) is 0 Å². The first-order chi connectivity index (χ1) is 10.7. The zero-order chi connectivity index (χ0) is 15.9. The second-order valence-electron chi connectivity index (χ2n) is 4.84. The highest BCUT2D eigenvalue weighted by atomic mass is 19.1. The first-order valence-electron chi connectivity index (χ1n) is 7.06. The van der Waals surface area contributed by atoms with E-state index < -0.39 is 0 Å². The van der Waals surface area contributed by atoms with Gasteiger partial charge >= 0.3 is 0 Å². The number of halogens is 1. The Morgan fingerprint density at radius 2 is 1.82 bits per heavy atom. The number of nitrogens with zero attached hydrogens (tertiary/aromatic N) is 2. The number of pyridine rings is 1. The smallest absolute Gasteiger partial charge is 0.255 e. The number of carbonyl (C=O) groups excluding carboxylic acids is 1. The van der Waals surface area contributed by atoms with Crippen molar-refractivity contribution in [2.45, 2.75) is 0 Å². The monoisotopic (exact) mass is 302 g/mol. The molecule has 0 bridgehead atoms. The summed E-state index contributed by atoms with van der Waals surface area (Å²) in [5.74, 6) is -0.510. The molecule has 1 amide bonds. The lowest BCUT2D eigenvalue weighted by Gasteiger charge is -2.21. The van der Waals surface area contributed by atoms with Gasteiger partial charge in [-0.1, -0.05) is 12.1 Å². The van der Waals surface area contributed by atoms with Crippen LogP contribution in [0, 0.1) is 5.82 Å². The Morgan fingerprint density at radius 1 is 1.09 bits per heavy atom. The van der Waals surface area contributed by atoms with E-state index >= 15 is 0 Å². The van der Waals surface area contributed by atoms with Crippen molar-refractivity contribution in [1.82, 2.24) is 9.88 Å². The normalized spacial score (nSPS) is 10.5. The van der Waals surface area contributed by atoms with Crippen LogP contribution in [-0.4, -0.2) is 42.0 Å². The second kappa shape index (κ2) is 7.63. The number of amides is 1. The van der Waals surface area contributed by atoms with Crippen LogP contribution in [0.3, 0.4) is 0 Å². The zero-order valence-corrected chi connectivity index (χ0v) is 12.2. The van der Waals surface area contributed by atoms with Gasteiger partial charge in [0.15, 0.2) is 0 Å². The number of hydrogen-bond donors (Lipinski definition) is 2. The molecule has 1 aromatic heterocycles. The lowest BCUT2D eigenvalue weighted by molar-refractivity contribution is 0.0764. The van der Waals surface area contributed by atoms with Crippen molar-refractivity contribution in [3.8, 4) is 11.1 Å². The minimum atomic E-state index is -0.331. The minimum absolute atomic E-state index is 0.179. The molecule has 6 heteroatoms. The number of aromatic nitrogens is 1. The molecule has 0 spiro atoms. The third kappa shape index (κ3) is 3.87. The van der Waals surface area contributed by atoms with Gasteiger partial charge < -0.3 is 16.4 Å². The van der Waals surface area contributed by atoms with E-state index in [1.807, 2.05) is 0 Å². The molecule has 0 atom stereocenters. The van der Waals surface area contributed by atoms with Crippen molar-refractivity contribution >= 4 is 5.91 Å². The number of rotatable bonds is 6. The zero-order valence-electron chi connectivity index (χ0n) is 12.2. The van der Waals surface area contributed by atoms with Gasteiger partial charge in [-0.3, -0.25) is 9.78 Å². The van der Waals surface area contributed by atoms with E-state index in [1.165, 1.54) is 18.3 Å². The fraction of sp³-hybridized carbons (Fsp3) is 0.250. The lowest BCUT2D eigenvalue weighted by atomic mass is 10.1. The van der Waals surface area contributed by atoms with E-state index in [9.17, 15) is 9.18 Å². The number of benzene rings is 1. The second-order valence-corrected chi connectivity index (χ2v) is 4.84. The van der Waals surface area contributed by atoms with Crippen LogP contribution in [-0.2, 0) is 0 Å². The molecule has 0 fully saturated rings. The fourth-order valence-electron chi connectivity index (χ4n) is 2.19. The van der Waals surface area contributed by atoms with E-state index in [4.69, 9.17) is 11.5 Å². The number of nitrogens with two attached hydrogens (primary N) is 2. The predicted molar refractivity (Wildman–Crippen MR) is 83.6 cm³/mol. The van der Waals surface area contributed by atoms with Crippen LogP contribution >= 0.6 is 0 Å². The van der Waals surface area contributed by atoms with Crippen LogP contribution in [0.4, 0.5) is 4.39 Å². The number of hydrogen-bond acceptors (Lipinski definition) is 4. The first-order valence-corrected chi connectivity index (χ1v) is 7.06. The molecule has 4 N–H and O–H groups in total. The molecule has 22 heavy (non-hydrogen) atoms. The Morgan fingerprint density at radius 3 is 2.45 bits per heavy atom. The summed E-state index contributed by atoms with van der Waals surface area (Å²) in [5.41, 5.74) is 12.8. The summed E-state index contributed by atoms with van der Waals surface area (Å²) in [6.07, 6.45) is 3.09. The maximum absolute atomic E-state index is 13.3. The van der Waals surface area contributed by atoms with Gasteiger partial charge in [0.1, 0.15) is 5.82 Å². The molecule has 0 radical (unpaired) electrons. The highest BCUT2D eigenvalue weighted by Gasteiger charge is 2.15. The molecule has 0 unspecified atom stereocenters. The van der Waals surface area contributed by atoms with Crippen LogP contribution in [0.15, 0.2) is 42.7 Å². The van der Waals surface area contributed by atoms with Crippen LogP contribution in [0.2, 0.25) is 0 Å². The van der Waals surface area contributed by atoms with Crippen LogP contribution in [0.5, 0.6) is 0 Å². The molecule has 2 rings (SSSR count). The molecule has 0 aliphatic rings. The summed E-state index contributed by atoms with van der Waals surface area (Å²) >= 11 is 0. The van der Waals surface area contributed by atoms with Gasteiger partial charge in [0, 0.05) is 44.1 Å². The number of carbonyl (C=O) groups is 1. The van der Waals surface area contributed by atoms with Gasteiger partial charge in [0.2, 0.25) is 0 Å². The van der Waals surface area contributed by atoms with Gasteiger partial charge in [0.05, 0.1) is 5.56 Å². The van der Waals surface area contributed by atoms with Crippen molar-refractivity contribution in [1.29, 1.82) is 0 Å². The maximum Gasteiger partial charge on any atom is 0.255 e. The molecule has 0 saturated carbocycles.